The standard InChI is InChI=1S/C35H49NO2/c1-2-3-4-5-6-7-8-9-10-11-13-16-30-24-26-32(25-23-29-19-21-31(28-36)22-20-29)34(27-30)38-35(37)33-17-14-12-15-18-33/h19-22,24,26-27,33H,2-18,23,25H2,1H3. The Bertz CT molecular complexity index is 982. The molecule has 3 rings (SSSR count). The molecule has 0 heterocycles. The van der Waals surface area contributed by atoms with Gasteiger partial charge >= 0.3 is 5.97 Å². The van der Waals surface area contributed by atoms with Crippen LogP contribution in [-0.2, 0) is 24.1 Å². The van der Waals surface area contributed by atoms with Crippen molar-refractivity contribution < 1.29 is 9.53 Å². The van der Waals surface area contributed by atoms with E-state index in [0.717, 1.165) is 56.3 Å². The van der Waals surface area contributed by atoms with Gasteiger partial charge in [0.25, 0.3) is 0 Å². The average molecular weight is 516 g/mol. The van der Waals surface area contributed by atoms with Gasteiger partial charge in [0.05, 0.1) is 17.6 Å². The Hall–Kier alpha value is -2.60. The molecule has 2 aromatic carbocycles. The Balaban J connectivity index is 1.50. The molecule has 0 unspecified atom stereocenters. The quantitative estimate of drug-likeness (QED) is 0.120. The molecule has 0 amide bonds. The highest BCUT2D eigenvalue weighted by Gasteiger charge is 2.24. The molecule has 3 heteroatoms. The maximum Gasteiger partial charge on any atom is 0.314 e. The van der Waals surface area contributed by atoms with Crippen LogP contribution in [0.4, 0.5) is 0 Å². The van der Waals surface area contributed by atoms with Gasteiger partial charge in [0.1, 0.15) is 5.75 Å². The first-order valence-electron chi connectivity index (χ1n) is 15.5. The van der Waals surface area contributed by atoms with Crippen LogP contribution < -0.4 is 4.74 Å². The molecule has 0 radical (unpaired) electrons. The summed E-state index contributed by atoms with van der Waals surface area (Å²) in [5.41, 5.74) is 4.25. The van der Waals surface area contributed by atoms with Crippen LogP contribution in [0.1, 0.15) is 132 Å². The van der Waals surface area contributed by atoms with Crippen LogP contribution in [0, 0.1) is 17.2 Å². The molecule has 0 N–H and O–H groups in total. The van der Waals surface area contributed by atoms with Crippen LogP contribution in [0.15, 0.2) is 42.5 Å². The second kappa shape index (κ2) is 17.8. The van der Waals surface area contributed by atoms with Crippen LogP contribution in [0.3, 0.4) is 0 Å². The number of esters is 1. The number of nitriles is 1. The summed E-state index contributed by atoms with van der Waals surface area (Å²) in [6, 6.07) is 16.5. The van der Waals surface area contributed by atoms with Crippen LogP contribution in [0.2, 0.25) is 0 Å². The lowest BCUT2D eigenvalue weighted by Gasteiger charge is -2.21. The molecule has 1 saturated carbocycles. The van der Waals surface area contributed by atoms with E-state index >= 15 is 0 Å². The van der Waals surface area contributed by atoms with Gasteiger partial charge in [0, 0.05) is 0 Å². The van der Waals surface area contributed by atoms with Gasteiger partial charge in [-0.3, -0.25) is 4.79 Å². The molecule has 38 heavy (non-hydrogen) atoms. The summed E-state index contributed by atoms with van der Waals surface area (Å²) in [7, 11) is 0. The molecule has 0 spiro atoms. The van der Waals surface area contributed by atoms with Crippen molar-refractivity contribution in [3.05, 3.63) is 64.7 Å². The van der Waals surface area contributed by atoms with E-state index < -0.39 is 0 Å². The SMILES string of the molecule is CCCCCCCCCCCCCc1ccc(CCc2ccc(C#N)cc2)c(OC(=O)C2CCCCC2)c1. The number of ether oxygens (including phenoxy) is 1. The Kier molecular flexibility index (Phi) is 14.0. The second-order valence-corrected chi connectivity index (χ2v) is 11.3. The number of hydrogen-bond donors (Lipinski definition) is 0. The normalized spacial score (nSPS) is 13.8. The lowest BCUT2D eigenvalue weighted by atomic mass is 9.89. The zero-order chi connectivity index (χ0) is 26.8. The molecule has 0 saturated heterocycles. The fraction of sp³-hybridized carbons (Fsp3) is 0.600. The van der Waals surface area contributed by atoms with Gasteiger partial charge in [-0.25, -0.2) is 0 Å². The Morgan fingerprint density at radius 2 is 1.37 bits per heavy atom. The molecule has 1 fully saturated rings. The van der Waals surface area contributed by atoms with Gasteiger partial charge in [0.2, 0.25) is 0 Å². The number of carbonyl (C=O) groups excluding carboxylic acids is 1. The highest BCUT2D eigenvalue weighted by Crippen LogP contribution is 2.29. The maximum atomic E-state index is 13.0. The summed E-state index contributed by atoms with van der Waals surface area (Å²) in [4.78, 5) is 13.0. The zero-order valence-electron chi connectivity index (χ0n) is 23.8. The molecule has 1 aliphatic carbocycles. The Labute approximate surface area is 232 Å². The van der Waals surface area contributed by atoms with Gasteiger partial charge in [-0.05, 0) is 73.4 Å². The molecule has 3 nitrogen and oxygen atoms in total. The molecule has 206 valence electrons. The monoisotopic (exact) mass is 515 g/mol. The summed E-state index contributed by atoms with van der Waals surface area (Å²) >= 11 is 0. The predicted octanol–water partition coefficient (Wildman–Crippen LogP) is 9.68. The highest BCUT2D eigenvalue weighted by atomic mass is 16.5. The first-order valence-corrected chi connectivity index (χ1v) is 15.5. The number of nitrogens with zero attached hydrogens (tertiary/aromatic N) is 1. The molecule has 0 bridgehead atoms. The molecular weight excluding hydrogens is 466 g/mol. The number of benzene rings is 2. The van der Waals surface area contributed by atoms with Crippen LogP contribution in [0.5, 0.6) is 5.75 Å². The summed E-state index contributed by atoms with van der Waals surface area (Å²) < 4.78 is 6.08. The predicted molar refractivity (Wildman–Crippen MR) is 157 cm³/mol. The molecular formula is C35H49NO2. The number of aryl methyl sites for hydroxylation is 3. The van der Waals surface area contributed by atoms with E-state index in [-0.39, 0.29) is 11.9 Å². The number of hydrogen-bond acceptors (Lipinski definition) is 3. The van der Waals surface area contributed by atoms with Crippen molar-refractivity contribution in [1.82, 2.24) is 0 Å². The minimum absolute atomic E-state index is 0.0452. The van der Waals surface area contributed by atoms with Gasteiger partial charge in [0.15, 0.2) is 0 Å². The number of carbonyl (C=O) groups is 1. The van der Waals surface area contributed by atoms with Gasteiger partial charge < -0.3 is 4.74 Å². The second-order valence-electron chi connectivity index (χ2n) is 11.3. The van der Waals surface area contributed by atoms with Gasteiger partial charge in [-0.15, -0.1) is 0 Å². The largest absolute Gasteiger partial charge is 0.426 e. The van der Waals surface area contributed by atoms with Crippen LogP contribution in [-0.4, -0.2) is 5.97 Å². The van der Waals surface area contributed by atoms with E-state index in [2.05, 4.69) is 31.2 Å². The van der Waals surface area contributed by atoms with E-state index in [4.69, 9.17) is 10.00 Å². The van der Waals surface area contributed by atoms with E-state index in [1.54, 1.807) is 0 Å². The minimum atomic E-state index is -0.0452. The van der Waals surface area contributed by atoms with E-state index in [1.807, 2.05) is 24.3 Å². The Morgan fingerprint density at radius 1 is 0.763 bits per heavy atom. The first kappa shape index (κ1) is 29.9. The minimum Gasteiger partial charge on any atom is -0.426 e. The number of unbranched alkanes of at least 4 members (excludes halogenated alkanes) is 10. The smallest absolute Gasteiger partial charge is 0.314 e. The average Bonchev–Trinajstić information content (AvgIpc) is 2.96. The van der Waals surface area contributed by atoms with Crippen molar-refractivity contribution in [1.29, 1.82) is 5.26 Å². The van der Waals surface area contributed by atoms with Crippen molar-refractivity contribution in [3.63, 3.8) is 0 Å². The lowest BCUT2D eigenvalue weighted by molar-refractivity contribution is -0.140. The van der Waals surface area contributed by atoms with Crippen molar-refractivity contribution in [2.45, 2.75) is 129 Å². The molecule has 1 aliphatic rings. The topological polar surface area (TPSA) is 50.1 Å². The van der Waals surface area contributed by atoms with E-state index in [1.165, 1.54) is 88.2 Å². The van der Waals surface area contributed by atoms with E-state index in [9.17, 15) is 4.79 Å². The van der Waals surface area contributed by atoms with Gasteiger partial charge in [-0.1, -0.05) is 115 Å². The Morgan fingerprint density at radius 3 is 2.00 bits per heavy atom. The first-order chi connectivity index (χ1) is 18.7. The van der Waals surface area contributed by atoms with Crippen LogP contribution >= 0.6 is 0 Å². The summed E-state index contributed by atoms with van der Waals surface area (Å²) in [5, 5.41) is 9.05. The highest BCUT2D eigenvalue weighted by molar-refractivity contribution is 5.75. The number of rotatable bonds is 17. The third kappa shape index (κ3) is 11.0. The third-order valence-electron chi connectivity index (χ3n) is 8.12. The third-order valence-corrected chi connectivity index (χ3v) is 8.12. The zero-order valence-corrected chi connectivity index (χ0v) is 23.8. The van der Waals surface area contributed by atoms with Crippen molar-refractivity contribution in [2.75, 3.05) is 0 Å². The summed E-state index contributed by atoms with van der Waals surface area (Å²) in [6.07, 6.45) is 23.0. The molecule has 0 aliphatic heterocycles. The molecule has 0 aromatic heterocycles. The van der Waals surface area contributed by atoms with Gasteiger partial charge in [-0.2, -0.15) is 5.26 Å². The fourth-order valence-electron chi connectivity index (χ4n) is 5.60. The van der Waals surface area contributed by atoms with Crippen molar-refractivity contribution in [3.8, 4) is 11.8 Å². The summed E-state index contributed by atoms with van der Waals surface area (Å²) in [6.45, 7) is 2.28. The van der Waals surface area contributed by atoms with E-state index in [0.29, 0.717) is 5.56 Å². The summed E-state index contributed by atoms with van der Waals surface area (Å²) in [5.74, 6) is 0.761. The maximum absolute atomic E-state index is 13.0. The molecule has 0 atom stereocenters. The van der Waals surface area contributed by atoms with Crippen molar-refractivity contribution in [2.24, 2.45) is 5.92 Å². The fourth-order valence-corrected chi connectivity index (χ4v) is 5.60. The van der Waals surface area contributed by atoms with Crippen molar-refractivity contribution >= 4 is 5.97 Å². The lowest BCUT2D eigenvalue weighted by Crippen LogP contribution is -2.23. The van der Waals surface area contributed by atoms with Crippen LogP contribution in [0.25, 0.3) is 0 Å². The molecule has 2 aromatic rings.